The molecule has 1 saturated heterocycles. The van der Waals surface area contributed by atoms with E-state index in [1.54, 1.807) is 18.2 Å². The smallest absolute Gasteiger partial charge is 0.255 e. The number of ether oxygens (including phenoxy) is 3. The number of carbonyl (C=O) groups excluding carboxylic acids is 1. The lowest BCUT2D eigenvalue weighted by atomic mass is 10.1. The molecule has 0 bridgehead atoms. The van der Waals surface area contributed by atoms with Gasteiger partial charge in [-0.2, -0.15) is 0 Å². The lowest BCUT2D eigenvalue weighted by molar-refractivity contribution is 0.102. The van der Waals surface area contributed by atoms with Crippen molar-refractivity contribution < 1.29 is 23.4 Å². The van der Waals surface area contributed by atoms with E-state index in [4.69, 9.17) is 14.2 Å². The number of benzene rings is 2. The first kappa shape index (κ1) is 22.7. The Morgan fingerprint density at radius 3 is 2.13 bits per heavy atom. The molecule has 0 spiro atoms. The topological polar surface area (TPSA) is 60.0 Å². The molecule has 2 aromatic carbocycles. The average Bonchev–Trinajstić information content (AvgIpc) is 2.77. The van der Waals surface area contributed by atoms with Crippen molar-refractivity contribution >= 4 is 17.3 Å². The molecule has 168 valence electrons. The number of nitrogens with zero attached hydrogens (tertiary/aromatic N) is 1. The second-order valence-electron chi connectivity index (χ2n) is 7.26. The largest absolute Gasteiger partial charge is 0.490 e. The van der Waals surface area contributed by atoms with Crippen LogP contribution in [0.15, 0.2) is 30.3 Å². The van der Waals surface area contributed by atoms with Crippen LogP contribution < -0.4 is 24.4 Å². The van der Waals surface area contributed by atoms with E-state index in [-0.39, 0.29) is 5.91 Å². The zero-order valence-electron chi connectivity index (χ0n) is 18.5. The van der Waals surface area contributed by atoms with Gasteiger partial charge in [-0.25, -0.2) is 4.39 Å². The maximum absolute atomic E-state index is 14.0. The summed E-state index contributed by atoms with van der Waals surface area (Å²) in [6.07, 6.45) is 3.35. The van der Waals surface area contributed by atoms with Gasteiger partial charge in [0.25, 0.3) is 5.91 Å². The number of hydrogen-bond donors (Lipinski definition) is 1. The average molecular weight is 431 g/mol. The summed E-state index contributed by atoms with van der Waals surface area (Å²) in [5.74, 6) is 0.594. The summed E-state index contributed by atoms with van der Waals surface area (Å²) < 4.78 is 31.1. The SMILES string of the molecule is CCOc1cc(C(=O)Nc2cc(F)ccc2N2CCCCC2)cc(OCC)c1OCC. The standard InChI is InChI=1S/C24H31FN2O4/c1-4-29-21-14-17(15-22(30-5-2)23(21)31-6-3)24(28)26-19-16-18(25)10-11-20(19)27-12-8-7-9-13-27/h10-11,14-16H,4-9,12-13H2,1-3H3,(H,26,28). The van der Waals surface area contributed by atoms with Crippen LogP contribution in [0.4, 0.5) is 15.8 Å². The van der Waals surface area contributed by atoms with E-state index >= 15 is 0 Å². The third kappa shape index (κ3) is 5.60. The zero-order chi connectivity index (χ0) is 22.2. The molecule has 0 radical (unpaired) electrons. The Balaban J connectivity index is 1.93. The van der Waals surface area contributed by atoms with Crippen LogP contribution in [-0.2, 0) is 0 Å². The van der Waals surface area contributed by atoms with Crippen LogP contribution >= 0.6 is 0 Å². The Morgan fingerprint density at radius 2 is 1.55 bits per heavy atom. The minimum atomic E-state index is -0.396. The van der Waals surface area contributed by atoms with E-state index < -0.39 is 5.82 Å². The molecule has 1 N–H and O–H groups in total. The second-order valence-corrected chi connectivity index (χ2v) is 7.26. The highest BCUT2D eigenvalue weighted by molar-refractivity contribution is 6.06. The van der Waals surface area contributed by atoms with E-state index in [0.29, 0.717) is 48.3 Å². The van der Waals surface area contributed by atoms with Crippen molar-refractivity contribution in [2.75, 3.05) is 43.1 Å². The van der Waals surface area contributed by atoms with E-state index in [2.05, 4.69) is 10.2 Å². The summed E-state index contributed by atoms with van der Waals surface area (Å²) in [6.45, 7) is 8.65. The van der Waals surface area contributed by atoms with Gasteiger partial charge in [-0.15, -0.1) is 0 Å². The van der Waals surface area contributed by atoms with Gasteiger partial charge in [0.15, 0.2) is 11.5 Å². The highest BCUT2D eigenvalue weighted by atomic mass is 19.1. The number of nitrogens with one attached hydrogen (secondary N) is 1. The number of anilines is 2. The molecule has 3 rings (SSSR count). The Morgan fingerprint density at radius 1 is 0.935 bits per heavy atom. The van der Waals surface area contributed by atoms with Crippen LogP contribution in [0.25, 0.3) is 0 Å². The van der Waals surface area contributed by atoms with Crippen molar-refractivity contribution in [1.82, 2.24) is 0 Å². The molecule has 1 amide bonds. The fraction of sp³-hybridized carbons (Fsp3) is 0.458. The van der Waals surface area contributed by atoms with Gasteiger partial charge in [0, 0.05) is 18.7 Å². The van der Waals surface area contributed by atoms with E-state index in [9.17, 15) is 9.18 Å². The Kier molecular flexibility index (Phi) is 7.98. The lowest BCUT2D eigenvalue weighted by Crippen LogP contribution is -2.30. The normalized spacial score (nSPS) is 13.6. The van der Waals surface area contributed by atoms with Crippen molar-refractivity contribution in [2.45, 2.75) is 40.0 Å². The third-order valence-electron chi connectivity index (χ3n) is 5.07. The van der Waals surface area contributed by atoms with Crippen LogP contribution in [0.2, 0.25) is 0 Å². The van der Waals surface area contributed by atoms with Crippen molar-refractivity contribution in [3.63, 3.8) is 0 Å². The van der Waals surface area contributed by atoms with Crippen molar-refractivity contribution in [3.05, 3.63) is 41.7 Å². The summed E-state index contributed by atoms with van der Waals surface area (Å²) in [7, 11) is 0. The van der Waals surface area contributed by atoms with E-state index in [1.807, 2.05) is 20.8 Å². The first-order chi connectivity index (χ1) is 15.1. The third-order valence-corrected chi connectivity index (χ3v) is 5.07. The summed E-state index contributed by atoms with van der Waals surface area (Å²) in [4.78, 5) is 15.3. The highest BCUT2D eigenvalue weighted by Gasteiger charge is 2.21. The zero-order valence-corrected chi connectivity index (χ0v) is 18.5. The lowest BCUT2D eigenvalue weighted by Gasteiger charge is -2.30. The van der Waals surface area contributed by atoms with Crippen LogP contribution in [0.3, 0.4) is 0 Å². The van der Waals surface area contributed by atoms with Crippen LogP contribution in [0.1, 0.15) is 50.4 Å². The number of halogens is 1. The molecule has 31 heavy (non-hydrogen) atoms. The molecule has 1 fully saturated rings. The molecule has 0 unspecified atom stereocenters. The molecule has 2 aromatic rings. The molecule has 0 aliphatic carbocycles. The number of rotatable bonds is 9. The number of hydrogen-bond acceptors (Lipinski definition) is 5. The molecule has 6 nitrogen and oxygen atoms in total. The molecular weight excluding hydrogens is 399 g/mol. The van der Waals surface area contributed by atoms with Gasteiger partial charge in [0.1, 0.15) is 5.82 Å². The van der Waals surface area contributed by atoms with Gasteiger partial charge >= 0.3 is 0 Å². The fourth-order valence-electron chi connectivity index (χ4n) is 3.73. The highest BCUT2D eigenvalue weighted by Crippen LogP contribution is 2.39. The maximum Gasteiger partial charge on any atom is 0.255 e. The van der Waals surface area contributed by atoms with Crippen molar-refractivity contribution in [1.29, 1.82) is 0 Å². The van der Waals surface area contributed by atoms with E-state index in [1.165, 1.54) is 18.6 Å². The van der Waals surface area contributed by atoms with Gasteiger partial charge < -0.3 is 24.4 Å². The predicted molar refractivity (Wildman–Crippen MR) is 120 cm³/mol. The summed E-state index contributed by atoms with van der Waals surface area (Å²) >= 11 is 0. The quantitative estimate of drug-likeness (QED) is 0.588. The van der Waals surface area contributed by atoms with Gasteiger partial charge in [0.2, 0.25) is 5.75 Å². The van der Waals surface area contributed by atoms with Crippen molar-refractivity contribution in [2.24, 2.45) is 0 Å². The fourth-order valence-corrected chi connectivity index (χ4v) is 3.73. The monoisotopic (exact) mass is 430 g/mol. The van der Waals surface area contributed by atoms with Gasteiger partial charge in [-0.05, 0) is 70.4 Å². The molecular formula is C24H31FN2O4. The minimum absolute atomic E-state index is 0.351. The van der Waals surface area contributed by atoms with Crippen molar-refractivity contribution in [3.8, 4) is 17.2 Å². The summed E-state index contributed by atoms with van der Waals surface area (Å²) in [5, 5.41) is 2.88. The first-order valence-corrected chi connectivity index (χ1v) is 11.0. The number of carbonyl (C=O) groups is 1. The second kappa shape index (κ2) is 10.9. The predicted octanol–water partition coefficient (Wildman–Crippen LogP) is 5.26. The van der Waals surface area contributed by atoms with Gasteiger partial charge in [-0.3, -0.25) is 4.79 Å². The molecule has 1 aliphatic rings. The Hall–Kier alpha value is -2.96. The van der Waals surface area contributed by atoms with Crippen LogP contribution in [0, 0.1) is 5.82 Å². The maximum atomic E-state index is 14.0. The molecule has 1 aliphatic heterocycles. The molecule has 0 aromatic heterocycles. The van der Waals surface area contributed by atoms with Crippen LogP contribution in [0.5, 0.6) is 17.2 Å². The van der Waals surface area contributed by atoms with Gasteiger partial charge in [0.05, 0.1) is 31.2 Å². The molecule has 7 heteroatoms. The first-order valence-electron chi connectivity index (χ1n) is 11.0. The molecule has 0 atom stereocenters. The number of amides is 1. The minimum Gasteiger partial charge on any atom is -0.490 e. The summed E-state index contributed by atoms with van der Waals surface area (Å²) in [6, 6.07) is 7.78. The molecule has 0 saturated carbocycles. The van der Waals surface area contributed by atoms with Crippen LogP contribution in [-0.4, -0.2) is 38.8 Å². The van der Waals surface area contributed by atoms with Gasteiger partial charge in [-0.1, -0.05) is 0 Å². The Labute approximate surface area is 183 Å². The number of piperidine rings is 1. The Bertz CT molecular complexity index is 870. The van der Waals surface area contributed by atoms with E-state index in [0.717, 1.165) is 31.6 Å². The molecule has 1 heterocycles. The summed E-state index contributed by atoms with van der Waals surface area (Å²) in [5.41, 5.74) is 1.64.